The third-order valence-corrected chi connectivity index (χ3v) is 7.99. The van der Waals surface area contributed by atoms with Gasteiger partial charge in [0.1, 0.15) is 12.4 Å². The van der Waals surface area contributed by atoms with Crippen molar-refractivity contribution in [3.05, 3.63) is 101 Å². The summed E-state index contributed by atoms with van der Waals surface area (Å²) in [6.45, 7) is 3.31. The number of ether oxygens (including phenoxy) is 4. The van der Waals surface area contributed by atoms with Crippen molar-refractivity contribution in [2.75, 3.05) is 20.3 Å². The Morgan fingerprint density at radius 1 is 1.13 bits per heavy atom. The normalized spacial score (nSPS) is 14.2. The van der Waals surface area contributed by atoms with Crippen molar-refractivity contribution in [1.29, 1.82) is 0 Å². The van der Waals surface area contributed by atoms with Gasteiger partial charge in [-0.3, -0.25) is 14.9 Å². The van der Waals surface area contributed by atoms with Gasteiger partial charge in [0, 0.05) is 17.8 Å². The molecule has 0 bridgehead atoms. The van der Waals surface area contributed by atoms with Crippen molar-refractivity contribution in [3.63, 3.8) is 0 Å². The number of urea groups is 1. The number of carbonyl (C=O) groups is 3. The highest BCUT2D eigenvalue weighted by atomic mass is 127. The van der Waals surface area contributed by atoms with E-state index in [9.17, 15) is 24.5 Å². The molecule has 4 rings (SSSR count). The topological polar surface area (TPSA) is 180 Å². The standard InChI is InChI=1S/C31H29BrIN5O9/c1-4-45-30(40)27-17(2)35-31(41)36-28(27)20-7-10-24(25(13-20)44-3)46-16-26(39)37-34-14-19-11-22(32)29(23(33)12-19)47-15-18-5-8-21(9-6-18)38(42)43/h5-14,28H,4,15-16H2,1-3H3,(H,37,39)(H2,35,36,41)/b34-14-/t28-/m1/s1. The molecule has 16 heteroatoms. The van der Waals surface area contributed by atoms with Crippen molar-refractivity contribution < 1.29 is 38.3 Å². The van der Waals surface area contributed by atoms with E-state index in [0.29, 0.717) is 27.0 Å². The number of amides is 3. The van der Waals surface area contributed by atoms with Crippen LogP contribution in [-0.2, 0) is 20.9 Å². The third kappa shape index (κ3) is 9.19. The van der Waals surface area contributed by atoms with Crippen LogP contribution >= 0.6 is 38.5 Å². The fraction of sp³-hybridized carbons (Fsp3) is 0.226. The number of nitro benzene ring substituents is 1. The number of halogens is 2. The molecule has 0 unspecified atom stereocenters. The van der Waals surface area contributed by atoms with E-state index in [0.717, 1.165) is 9.13 Å². The minimum atomic E-state index is -0.790. The van der Waals surface area contributed by atoms with Crippen LogP contribution in [0.25, 0.3) is 0 Å². The van der Waals surface area contributed by atoms with Crippen molar-refractivity contribution in [2.24, 2.45) is 5.10 Å². The number of methoxy groups -OCH3 is 1. The number of nitrogens with zero attached hydrogens (tertiary/aromatic N) is 2. The van der Waals surface area contributed by atoms with E-state index in [1.165, 1.54) is 25.5 Å². The van der Waals surface area contributed by atoms with Crippen LogP contribution in [0.1, 0.15) is 36.6 Å². The predicted molar refractivity (Wildman–Crippen MR) is 182 cm³/mol. The van der Waals surface area contributed by atoms with Crippen LogP contribution < -0.4 is 30.3 Å². The van der Waals surface area contributed by atoms with E-state index in [1.54, 1.807) is 50.2 Å². The average Bonchev–Trinajstić information content (AvgIpc) is 3.03. The van der Waals surface area contributed by atoms with Crippen molar-refractivity contribution >= 4 is 68.3 Å². The van der Waals surface area contributed by atoms with Gasteiger partial charge in [-0.25, -0.2) is 15.0 Å². The molecule has 246 valence electrons. The summed E-state index contributed by atoms with van der Waals surface area (Å²) in [5.41, 5.74) is 5.04. The van der Waals surface area contributed by atoms with Gasteiger partial charge in [0.15, 0.2) is 18.1 Å². The SMILES string of the molecule is CCOC(=O)C1=C(C)NC(=O)N[C@@H]1c1ccc(OCC(=O)N/N=C\c2cc(Br)c(OCc3ccc([N+](=O)[O-])cc3)c(I)c2)c(OC)c1. The fourth-order valence-corrected chi connectivity index (χ4v) is 6.19. The monoisotopic (exact) mass is 821 g/mol. The number of nitro groups is 1. The number of hydrogen-bond donors (Lipinski definition) is 3. The Labute approximate surface area is 291 Å². The van der Waals surface area contributed by atoms with Crippen LogP contribution in [-0.4, -0.2) is 49.4 Å². The molecule has 1 heterocycles. The van der Waals surface area contributed by atoms with Gasteiger partial charge < -0.3 is 29.6 Å². The van der Waals surface area contributed by atoms with E-state index >= 15 is 0 Å². The molecule has 0 spiro atoms. The summed E-state index contributed by atoms with van der Waals surface area (Å²) < 4.78 is 23.6. The molecule has 1 atom stereocenters. The summed E-state index contributed by atoms with van der Waals surface area (Å²) in [6, 6.07) is 13.2. The molecule has 14 nitrogen and oxygen atoms in total. The van der Waals surface area contributed by atoms with Crippen molar-refractivity contribution in [1.82, 2.24) is 16.1 Å². The second-order valence-electron chi connectivity index (χ2n) is 9.81. The molecule has 0 saturated heterocycles. The zero-order valence-corrected chi connectivity index (χ0v) is 29.0. The Balaban J connectivity index is 1.34. The number of esters is 1. The number of nitrogens with one attached hydrogen (secondary N) is 3. The number of benzene rings is 3. The van der Waals surface area contributed by atoms with Gasteiger partial charge in [0.2, 0.25) is 0 Å². The number of allylic oxidation sites excluding steroid dienone is 1. The van der Waals surface area contributed by atoms with Gasteiger partial charge >= 0.3 is 12.0 Å². The molecule has 1 aliphatic heterocycles. The minimum absolute atomic E-state index is 0.00517. The molecule has 0 aliphatic carbocycles. The predicted octanol–water partition coefficient (Wildman–Crippen LogP) is 5.27. The van der Waals surface area contributed by atoms with Gasteiger partial charge in [0.05, 0.1) is 44.5 Å². The molecule has 3 N–H and O–H groups in total. The van der Waals surface area contributed by atoms with E-state index in [1.807, 2.05) is 6.07 Å². The maximum absolute atomic E-state index is 12.6. The van der Waals surface area contributed by atoms with E-state index in [4.69, 9.17) is 18.9 Å². The number of rotatable bonds is 13. The zero-order valence-electron chi connectivity index (χ0n) is 25.3. The first-order chi connectivity index (χ1) is 22.5. The molecular formula is C31H29BrIN5O9. The van der Waals surface area contributed by atoms with Crippen LogP contribution in [0.15, 0.2) is 75.4 Å². The Hall–Kier alpha value is -4.71. The lowest BCUT2D eigenvalue weighted by molar-refractivity contribution is -0.384. The first-order valence-electron chi connectivity index (χ1n) is 13.9. The Bertz CT molecular complexity index is 1720. The molecule has 3 aromatic carbocycles. The summed E-state index contributed by atoms with van der Waals surface area (Å²) in [6.07, 6.45) is 1.46. The highest BCUT2D eigenvalue weighted by Crippen LogP contribution is 2.35. The van der Waals surface area contributed by atoms with Gasteiger partial charge in [-0.05, 0) is 105 Å². The molecule has 3 amide bonds. The van der Waals surface area contributed by atoms with E-state index < -0.39 is 28.9 Å². The molecule has 0 aromatic heterocycles. The average molecular weight is 822 g/mol. The summed E-state index contributed by atoms with van der Waals surface area (Å²) >= 11 is 5.60. The molecule has 0 saturated carbocycles. The second-order valence-corrected chi connectivity index (χ2v) is 11.8. The number of hydrazone groups is 1. The number of hydrogen-bond acceptors (Lipinski definition) is 10. The van der Waals surface area contributed by atoms with Crippen LogP contribution in [0.5, 0.6) is 17.2 Å². The largest absolute Gasteiger partial charge is 0.493 e. The zero-order chi connectivity index (χ0) is 34.1. The van der Waals surface area contributed by atoms with Gasteiger partial charge in [0.25, 0.3) is 11.6 Å². The molecule has 0 radical (unpaired) electrons. The number of carbonyl (C=O) groups excluding carboxylic acids is 3. The first-order valence-corrected chi connectivity index (χ1v) is 15.8. The lowest BCUT2D eigenvalue weighted by atomic mass is 9.95. The van der Waals surface area contributed by atoms with Gasteiger partial charge in [-0.1, -0.05) is 6.07 Å². The summed E-state index contributed by atoms with van der Waals surface area (Å²) in [4.78, 5) is 47.6. The van der Waals surface area contributed by atoms with E-state index in [2.05, 4.69) is 59.7 Å². The fourth-order valence-electron chi connectivity index (χ4n) is 4.42. The Morgan fingerprint density at radius 2 is 1.87 bits per heavy atom. The summed E-state index contributed by atoms with van der Waals surface area (Å²) in [7, 11) is 1.43. The van der Waals surface area contributed by atoms with Gasteiger partial charge in [-0.2, -0.15) is 5.10 Å². The summed E-state index contributed by atoms with van der Waals surface area (Å²) in [5.74, 6) is 0.0342. The Morgan fingerprint density at radius 3 is 2.53 bits per heavy atom. The Kier molecular flexibility index (Phi) is 12.1. The van der Waals surface area contributed by atoms with E-state index in [-0.39, 0.29) is 42.6 Å². The van der Waals surface area contributed by atoms with Crippen LogP contribution in [0.3, 0.4) is 0 Å². The smallest absolute Gasteiger partial charge is 0.338 e. The second kappa shape index (κ2) is 16.2. The molecule has 1 aliphatic rings. The number of non-ortho nitro benzene ring substituents is 1. The maximum atomic E-state index is 12.6. The van der Waals surface area contributed by atoms with Crippen LogP contribution in [0.2, 0.25) is 0 Å². The molecule has 0 fully saturated rings. The summed E-state index contributed by atoms with van der Waals surface area (Å²) in [5, 5.41) is 20.2. The minimum Gasteiger partial charge on any atom is -0.493 e. The quantitative estimate of drug-likeness (QED) is 0.0681. The van der Waals surface area contributed by atoms with Gasteiger partial charge in [-0.15, -0.1) is 0 Å². The van der Waals surface area contributed by atoms with Crippen LogP contribution in [0.4, 0.5) is 10.5 Å². The lowest BCUT2D eigenvalue weighted by Crippen LogP contribution is -2.45. The molecular weight excluding hydrogens is 793 g/mol. The van der Waals surface area contributed by atoms with Crippen molar-refractivity contribution in [2.45, 2.75) is 26.5 Å². The molecule has 47 heavy (non-hydrogen) atoms. The third-order valence-electron chi connectivity index (χ3n) is 6.60. The highest BCUT2D eigenvalue weighted by Gasteiger charge is 2.32. The lowest BCUT2D eigenvalue weighted by Gasteiger charge is -2.28. The van der Waals surface area contributed by atoms with Crippen LogP contribution in [0, 0.1) is 13.7 Å². The first kappa shape index (κ1) is 35.1. The maximum Gasteiger partial charge on any atom is 0.338 e. The van der Waals surface area contributed by atoms with Crippen molar-refractivity contribution in [3.8, 4) is 17.2 Å². The molecule has 3 aromatic rings. The highest BCUT2D eigenvalue weighted by molar-refractivity contribution is 14.1.